The van der Waals surface area contributed by atoms with Crippen molar-refractivity contribution in [2.75, 3.05) is 0 Å². The average molecular weight is 204 g/mol. The first kappa shape index (κ1) is 9.09. The van der Waals surface area contributed by atoms with Crippen molar-refractivity contribution in [3.63, 3.8) is 0 Å². The lowest BCUT2D eigenvalue weighted by molar-refractivity contribution is -0.110. The first-order valence-electron chi connectivity index (χ1n) is 4.17. The highest BCUT2D eigenvalue weighted by Crippen LogP contribution is 2.21. The van der Waals surface area contributed by atoms with Gasteiger partial charge in [-0.15, -0.1) is 0 Å². The highest BCUT2D eigenvalue weighted by Gasteiger charge is 2.12. The van der Waals surface area contributed by atoms with Gasteiger partial charge in [0.1, 0.15) is 0 Å². The number of allylic oxidation sites excluding steroid dienone is 2. The number of hydrogen-bond acceptors (Lipinski definition) is 2. The van der Waals surface area contributed by atoms with E-state index >= 15 is 0 Å². The summed E-state index contributed by atoms with van der Waals surface area (Å²) < 4.78 is 11.5. The molecule has 70 valence electrons. The second kappa shape index (κ2) is 3.72. The fourth-order valence-electron chi connectivity index (χ4n) is 1.24. The molecule has 0 amide bonds. The Bertz CT molecular complexity index is 444. The minimum atomic E-state index is -1.19. The number of carbonyl (C=O) groups excluding carboxylic acids is 1. The zero-order valence-electron chi connectivity index (χ0n) is 7.34. The van der Waals surface area contributed by atoms with Crippen molar-refractivity contribution in [1.29, 1.82) is 0 Å². The molecule has 1 heterocycles. The molecule has 2 nitrogen and oxygen atoms in total. The second-order valence-corrected chi connectivity index (χ2v) is 4.18. The van der Waals surface area contributed by atoms with Gasteiger partial charge in [-0.1, -0.05) is 30.3 Å². The van der Waals surface area contributed by atoms with Gasteiger partial charge in [0.15, 0.2) is 5.78 Å². The highest BCUT2D eigenvalue weighted by molar-refractivity contribution is 7.97. The normalized spacial score (nSPS) is 20.7. The quantitative estimate of drug-likeness (QED) is 0.699. The molecule has 14 heavy (non-hydrogen) atoms. The van der Waals surface area contributed by atoms with Crippen LogP contribution in [0.4, 0.5) is 0 Å². The van der Waals surface area contributed by atoms with Crippen molar-refractivity contribution in [3.05, 3.63) is 53.5 Å². The molecule has 0 spiro atoms. The molecule has 0 fully saturated rings. The topological polar surface area (TPSA) is 34.1 Å². The van der Waals surface area contributed by atoms with Gasteiger partial charge in [0.2, 0.25) is 0 Å². The van der Waals surface area contributed by atoms with E-state index in [9.17, 15) is 9.00 Å². The number of hydrogen-bond donors (Lipinski definition) is 0. The molecule has 0 N–H and O–H groups in total. The van der Waals surface area contributed by atoms with Crippen LogP contribution >= 0.6 is 0 Å². The molecule has 0 aromatic heterocycles. The molecule has 0 saturated heterocycles. The fraction of sp³-hybridized carbons (Fsp3) is 0. The predicted molar refractivity (Wildman–Crippen MR) is 56.7 cm³/mol. The molecule has 0 radical (unpaired) electrons. The lowest BCUT2D eigenvalue weighted by Crippen LogP contribution is -2.01. The molecule has 1 aliphatic heterocycles. The third-order valence-corrected chi connectivity index (χ3v) is 3.07. The van der Waals surface area contributed by atoms with Crippen LogP contribution in [0.5, 0.6) is 0 Å². The van der Waals surface area contributed by atoms with E-state index in [1.54, 1.807) is 0 Å². The van der Waals surface area contributed by atoms with E-state index in [-0.39, 0.29) is 5.78 Å². The predicted octanol–water partition coefficient (Wildman–Crippen LogP) is 1.87. The summed E-state index contributed by atoms with van der Waals surface area (Å²) in [6.45, 7) is 0. The van der Waals surface area contributed by atoms with Crippen LogP contribution in [0.2, 0.25) is 0 Å². The molecule has 0 bridgehead atoms. The Kier molecular flexibility index (Phi) is 2.41. The Balaban J connectivity index is 2.45. The lowest BCUT2D eigenvalue weighted by Gasteiger charge is -2.06. The standard InChI is InChI=1S/C11H8O2S/c12-10-6-7-14(13)11(8-10)9-4-2-1-3-5-9/h1-8H. The molecule has 2 rings (SSSR count). The van der Waals surface area contributed by atoms with Gasteiger partial charge in [-0.05, 0) is 11.6 Å². The van der Waals surface area contributed by atoms with Crippen LogP contribution in [0.15, 0.2) is 47.9 Å². The first-order valence-corrected chi connectivity index (χ1v) is 5.38. The molecule has 1 aliphatic rings. The van der Waals surface area contributed by atoms with Gasteiger partial charge in [0.25, 0.3) is 0 Å². The van der Waals surface area contributed by atoms with Gasteiger partial charge < -0.3 is 0 Å². The van der Waals surface area contributed by atoms with Gasteiger partial charge in [-0.3, -0.25) is 4.79 Å². The largest absolute Gasteiger partial charge is 0.290 e. The van der Waals surface area contributed by atoms with Crippen LogP contribution in [-0.4, -0.2) is 9.99 Å². The minimum absolute atomic E-state index is 0.108. The SMILES string of the molecule is O=C1C=CS(=O)C(c2ccccc2)=C1. The van der Waals surface area contributed by atoms with E-state index < -0.39 is 10.8 Å². The second-order valence-electron chi connectivity index (χ2n) is 2.88. The summed E-state index contributed by atoms with van der Waals surface area (Å²) in [5.74, 6) is -0.108. The number of carbonyl (C=O) groups is 1. The maximum atomic E-state index is 11.5. The van der Waals surface area contributed by atoms with Gasteiger partial charge in [0, 0.05) is 11.5 Å². The summed E-state index contributed by atoms with van der Waals surface area (Å²) in [5.41, 5.74) is 0.837. The molecule has 1 unspecified atom stereocenters. The van der Waals surface area contributed by atoms with E-state index in [0.29, 0.717) is 4.91 Å². The average Bonchev–Trinajstić information content (AvgIpc) is 2.23. The van der Waals surface area contributed by atoms with Crippen molar-refractivity contribution >= 4 is 21.5 Å². The van der Waals surface area contributed by atoms with Crippen molar-refractivity contribution in [3.8, 4) is 0 Å². The van der Waals surface area contributed by atoms with Gasteiger partial charge in [-0.2, -0.15) is 0 Å². The van der Waals surface area contributed by atoms with E-state index in [1.807, 2.05) is 30.3 Å². The van der Waals surface area contributed by atoms with Gasteiger partial charge in [-0.25, -0.2) is 4.21 Å². The van der Waals surface area contributed by atoms with Crippen molar-refractivity contribution < 1.29 is 9.00 Å². The zero-order chi connectivity index (χ0) is 9.97. The van der Waals surface area contributed by atoms with E-state index in [0.717, 1.165) is 5.56 Å². The molecule has 1 atom stereocenters. The third kappa shape index (κ3) is 1.72. The Labute approximate surface area is 84.4 Å². The summed E-state index contributed by atoms with van der Waals surface area (Å²) in [6, 6.07) is 9.28. The Morgan fingerprint density at radius 2 is 1.79 bits per heavy atom. The molecule has 3 heteroatoms. The highest BCUT2D eigenvalue weighted by atomic mass is 32.2. The molecule has 0 aliphatic carbocycles. The summed E-state index contributed by atoms with van der Waals surface area (Å²) in [5, 5.41) is 1.42. The van der Waals surface area contributed by atoms with Crippen LogP contribution in [-0.2, 0) is 15.6 Å². The smallest absolute Gasteiger partial charge is 0.180 e. The molecular weight excluding hydrogens is 196 g/mol. The summed E-state index contributed by atoms with van der Waals surface area (Å²) in [7, 11) is -1.19. The summed E-state index contributed by atoms with van der Waals surface area (Å²) in [6.07, 6.45) is 2.76. The number of benzene rings is 1. The number of rotatable bonds is 1. The molecular formula is C11H8O2S. The lowest BCUT2D eigenvalue weighted by atomic mass is 10.2. The maximum absolute atomic E-state index is 11.5. The van der Waals surface area contributed by atoms with Crippen molar-refractivity contribution in [2.24, 2.45) is 0 Å². The third-order valence-electron chi connectivity index (χ3n) is 1.90. The maximum Gasteiger partial charge on any atom is 0.180 e. The molecule has 1 aromatic carbocycles. The zero-order valence-corrected chi connectivity index (χ0v) is 8.16. The Morgan fingerprint density at radius 1 is 1.07 bits per heavy atom. The van der Waals surface area contributed by atoms with E-state index in [2.05, 4.69) is 0 Å². The monoisotopic (exact) mass is 204 g/mol. The van der Waals surface area contributed by atoms with Gasteiger partial charge >= 0.3 is 0 Å². The molecule has 1 aromatic rings. The van der Waals surface area contributed by atoms with Crippen LogP contribution in [0.3, 0.4) is 0 Å². The van der Waals surface area contributed by atoms with E-state index in [4.69, 9.17) is 0 Å². The Hall–Kier alpha value is -1.48. The fourth-order valence-corrected chi connectivity index (χ4v) is 2.24. The first-order chi connectivity index (χ1) is 6.77. The number of ketones is 1. The van der Waals surface area contributed by atoms with Crippen LogP contribution in [0.1, 0.15) is 5.56 Å². The van der Waals surface area contributed by atoms with Gasteiger partial charge in [0.05, 0.1) is 15.7 Å². The summed E-state index contributed by atoms with van der Waals surface area (Å²) in [4.78, 5) is 11.7. The van der Waals surface area contributed by atoms with Crippen LogP contribution in [0.25, 0.3) is 4.91 Å². The molecule has 0 saturated carbocycles. The van der Waals surface area contributed by atoms with Crippen molar-refractivity contribution in [1.82, 2.24) is 0 Å². The summed E-state index contributed by atoms with van der Waals surface area (Å²) >= 11 is 0. The van der Waals surface area contributed by atoms with Crippen LogP contribution < -0.4 is 0 Å². The van der Waals surface area contributed by atoms with Crippen molar-refractivity contribution in [2.45, 2.75) is 0 Å². The van der Waals surface area contributed by atoms with Crippen LogP contribution in [0, 0.1) is 0 Å². The minimum Gasteiger partial charge on any atom is -0.290 e. The Morgan fingerprint density at radius 3 is 2.50 bits per heavy atom. The van der Waals surface area contributed by atoms with E-state index in [1.165, 1.54) is 17.6 Å².